The molecular formula is C26H21N3O2. The lowest BCUT2D eigenvalue weighted by atomic mass is 10.0. The molecule has 0 fully saturated rings. The number of hydrogen-bond donors (Lipinski definition) is 3. The van der Waals surface area contributed by atoms with Crippen molar-refractivity contribution >= 4 is 29.0 Å². The first-order valence-electron chi connectivity index (χ1n) is 9.88. The molecule has 0 heterocycles. The number of carbonyl (C=O) groups excluding carboxylic acids is 2. The number of urea groups is 1. The Kier molecular flexibility index (Phi) is 6.05. The normalized spacial score (nSPS) is 10.2. The van der Waals surface area contributed by atoms with Crippen LogP contribution in [-0.4, -0.2) is 11.9 Å². The smallest absolute Gasteiger partial charge is 0.320 e. The standard InChI is InChI=1S/C26H21N3O2/c30-25(21-17-15-20(16-18-21)19-9-3-1-4-10-19)28-23-13-7-8-14-24(23)29-26(31)27-22-11-5-2-6-12-22/h1-18H,(H,28,30)(H2,27,29,31). The summed E-state index contributed by atoms with van der Waals surface area (Å²) in [7, 11) is 0. The van der Waals surface area contributed by atoms with E-state index in [0.717, 1.165) is 11.1 Å². The third kappa shape index (κ3) is 5.16. The Balaban J connectivity index is 1.44. The van der Waals surface area contributed by atoms with Crippen molar-refractivity contribution in [2.24, 2.45) is 0 Å². The van der Waals surface area contributed by atoms with Gasteiger partial charge in [0, 0.05) is 11.3 Å². The Bertz CT molecular complexity index is 1170. The third-order valence-electron chi connectivity index (χ3n) is 4.71. The molecule has 5 nitrogen and oxygen atoms in total. The van der Waals surface area contributed by atoms with Gasteiger partial charge in [0.1, 0.15) is 0 Å². The number of rotatable bonds is 5. The van der Waals surface area contributed by atoms with Gasteiger partial charge < -0.3 is 16.0 Å². The predicted octanol–water partition coefficient (Wildman–Crippen LogP) is 6.25. The Morgan fingerprint density at radius 3 is 1.65 bits per heavy atom. The van der Waals surface area contributed by atoms with E-state index in [1.807, 2.05) is 60.7 Å². The molecule has 4 aromatic rings. The monoisotopic (exact) mass is 407 g/mol. The fourth-order valence-electron chi connectivity index (χ4n) is 3.15. The summed E-state index contributed by atoms with van der Waals surface area (Å²) in [5.74, 6) is -0.252. The highest BCUT2D eigenvalue weighted by Crippen LogP contribution is 2.23. The summed E-state index contributed by atoms with van der Waals surface area (Å²) < 4.78 is 0. The predicted molar refractivity (Wildman–Crippen MR) is 125 cm³/mol. The zero-order valence-corrected chi connectivity index (χ0v) is 16.7. The molecule has 0 spiro atoms. The molecular weight excluding hydrogens is 386 g/mol. The van der Waals surface area contributed by atoms with Gasteiger partial charge in [-0.25, -0.2) is 4.79 Å². The molecule has 0 radical (unpaired) electrons. The first-order valence-corrected chi connectivity index (χ1v) is 9.88. The van der Waals surface area contributed by atoms with Gasteiger partial charge in [-0.1, -0.05) is 72.8 Å². The van der Waals surface area contributed by atoms with Crippen molar-refractivity contribution in [3.05, 3.63) is 115 Å². The molecule has 31 heavy (non-hydrogen) atoms. The van der Waals surface area contributed by atoms with Gasteiger partial charge in [0.25, 0.3) is 5.91 Å². The van der Waals surface area contributed by atoms with Crippen molar-refractivity contribution in [1.82, 2.24) is 0 Å². The molecule has 4 aromatic carbocycles. The van der Waals surface area contributed by atoms with Crippen LogP contribution in [0.5, 0.6) is 0 Å². The topological polar surface area (TPSA) is 70.2 Å². The van der Waals surface area contributed by atoms with Crippen LogP contribution in [0.25, 0.3) is 11.1 Å². The van der Waals surface area contributed by atoms with Crippen LogP contribution in [-0.2, 0) is 0 Å². The molecule has 3 amide bonds. The molecule has 0 saturated carbocycles. The molecule has 5 heteroatoms. The highest BCUT2D eigenvalue weighted by Gasteiger charge is 2.11. The van der Waals surface area contributed by atoms with Crippen LogP contribution >= 0.6 is 0 Å². The lowest BCUT2D eigenvalue weighted by molar-refractivity contribution is 0.102. The molecule has 0 bridgehead atoms. The summed E-state index contributed by atoms with van der Waals surface area (Å²) in [5, 5.41) is 8.42. The van der Waals surface area contributed by atoms with Crippen LogP contribution in [0.2, 0.25) is 0 Å². The maximum absolute atomic E-state index is 12.8. The zero-order valence-electron chi connectivity index (χ0n) is 16.7. The van der Waals surface area contributed by atoms with Crippen molar-refractivity contribution in [1.29, 1.82) is 0 Å². The van der Waals surface area contributed by atoms with E-state index in [1.54, 1.807) is 48.5 Å². The van der Waals surface area contributed by atoms with E-state index in [4.69, 9.17) is 0 Å². The molecule has 0 saturated heterocycles. The number of amides is 3. The van der Waals surface area contributed by atoms with Gasteiger partial charge in [0.2, 0.25) is 0 Å². The van der Waals surface area contributed by atoms with E-state index in [-0.39, 0.29) is 11.9 Å². The Morgan fingerprint density at radius 1 is 0.484 bits per heavy atom. The average Bonchev–Trinajstić information content (AvgIpc) is 2.81. The van der Waals surface area contributed by atoms with Crippen molar-refractivity contribution in [2.75, 3.05) is 16.0 Å². The van der Waals surface area contributed by atoms with Crippen LogP contribution < -0.4 is 16.0 Å². The summed E-state index contributed by atoms with van der Waals surface area (Å²) in [6.45, 7) is 0. The molecule has 0 aliphatic carbocycles. The number of nitrogens with one attached hydrogen (secondary N) is 3. The first-order chi connectivity index (χ1) is 15.2. The first kappa shape index (κ1) is 19.9. The van der Waals surface area contributed by atoms with E-state index in [1.165, 1.54) is 0 Å². The maximum Gasteiger partial charge on any atom is 0.323 e. The van der Waals surface area contributed by atoms with Crippen LogP contribution in [0.1, 0.15) is 10.4 Å². The molecule has 4 rings (SSSR count). The van der Waals surface area contributed by atoms with Gasteiger partial charge in [-0.3, -0.25) is 4.79 Å². The summed E-state index contributed by atoms with van der Waals surface area (Å²) in [6, 6.07) is 33.2. The minimum Gasteiger partial charge on any atom is -0.320 e. The minimum atomic E-state index is -0.389. The summed E-state index contributed by atoms with van der Waals surface area (Å²) >= 11 is 0. The van der Waals surface area contributed by atoms with E-state index in [2.05, 4.69) is 16.0 Å². The second kappa shape index (κ2) is 9.41. The van der Waals surface area contributed by atoms with Crippen LogP contribution in [0.3, 0.4) is 0 Å². The molecule has 3 N–H and O–H groups in total. The molecule has 0 atom stereocenters. The van der Waals surface area contributed by atoms with E-state index in [0.29, 0.717) is 22.6 Å². The molecule has 0 aliphatic heterocycles. The Hall–Kier alpha value is -4.38. The second-order valence-electron chi connectivity index (χ2n) is 6.89. The minimum absolute atomic E-state index is 0.252. The van der Waals surface area contributed by atoms with Gasteiger partial charge in [-0.05, 0) is 47.5 Å². The highest BCUT2D eigenvalue weighted by molar-refractivity contribution is 6.08. The lowest BCUT2D eigenvalue weighted by Gasteiger charge is -2.13. The van der Waals surface area contributed by atoms with Crippen LogP contribution in [0.4, 0.5) is 21.9 Å². The number of anilines is 3. The SMILES string of the molecule is O=C(Nc1ccccc1)Nc1ccccc1NC(=O)c1ccc(-c2ccccc2)cc1. The molecule has 0 aliphatic rings. The van der Waals surface area contributed by atoms with E-state index < -0.39 is 0 Å². The largest absolute Gasteiger partial charge is 0.323 e. The zero-order chi connectivity index (χ0) is 21.5. The van der Waals surface area contributed by atoms with Crippen molar-refractivity contribution in [3.8, 4) is 11.1 Å². The highest BCUT2D eigenvalue weighted by atomic mass is 16.2. The Labute approximate surface area is 180 Å². The van der Waals surface area contributed by atoms with Crippen molar-refractivity contribution in [2.45, 2.75) is 0 Å². The van der Waals surface area contributed by atoms with Gasteiger partial charge in [-0.15, -0.1) is 0 Å². The number of benzene rings is 4. The fourth-order valence-corrected chi connectivity index (χ4v) is 3.15. The summed E-state index contributed by atoms with van der Waals surface area (Å²) in [5.41, 5.74) is 4.36. The van der Waals surface area contributed by atoms with Crippen LogP contribution in [0.15, 0.2) is 109 Å². The average molecular weight is 407 g/mol. The maximum atomic E-state index is 12.8. The second-order valence-corrected chi connectivity index (χ2v) is 6.89. The lowest BCUT2D eigenvalue weighted by Crippen LogP contribution is -2.21. The van der Waals surface area contributed by atoms with E-state index >= 15 is 0 Å². The fraction of sp³-hybridized carbons (Fsp3) is 0. The molecule has 0 aromatic heterocycles. The van der Waals surface area contributed by atoms with E-state index in [9.17, 15) is 9.59 Å². The molecule has 0 unspecified atom stereocenters. The van der Waals surface area contributed by atoms with Gasteiger partial charge >= 0.3 is 6.03 Å². The van der Waals surface area contributed by atoms with Gasteiger partial charge in [-0.2, -0.15) is 0 Å². The van der Waals surface area contributed by atoms with Crippen molar-refractivity contribution in [3.63, 3.8) is 0 Å². The quantitative estimate of drug-likeness (QED) is 0.366. The van der Waals surface area contributed by atoms with Gasteiger partial charge in [0.15, 0.2) is 0 Å². The number of hydrogen-bond acceptors (Lipinski definition) is 2. The molecule has 152 valence electrons. The third-order valence-corrected chi connectivity index (χ3v) is 4.71. The Morgan fingerprint density at radius 2 is 1.00 bits per heavy atom. The van der Waals surface area contributed by atoms with Gasteiger partial charge in [0.05, 0.1) is 11.4 Å². The van der Waals surface area contributed by atoms with Crippen LogP contribution in [0, 0.1) is 0 Å². The summed E-state index contributed by atoms with van der Waals surface area (Å²) in [6.07, 6.45) is 0. The number of carbonyl (C=O) groups is 2. The number of para-hydroxylation sites is 3. The summed E-state index contributed by atoms with van der Waals surface area (Å²) in [4.78, 5) is 25.1. The van der Waals surface area contributed by atoms with Crippen molar-refractivity contribution < 1.29 is 9.59 Å².